The first-order chi connectivity index (χ1) is 13.0. The number of amides is 1. The third kappa shape index (κ3) is 4.49. The molecule has 27 heavy (non-hydrogen) atoms. The zero-order valence-corrected chi connectivity index (χ0v) is 15.9. The number of hydrogen-bond acceptors (Lipinski definition) is 5. The number of thioether (sulfide) groups is 1. The van der Waals surface area contributed by atoms with Gasteiger partial charge in [-0.15, -0.1) is 11.8 Å². The number of carbonyl (C=O) groups is 2. The van der Waals surface area contributed by atoms with Gasteiger partial charge in [-0.25, -0.2) is 4.98 Å². The fourth-order valence-electron chi connectivity index (χ4n) is 2.62. The van der Waals surface area contributed by atoms with E-state index >= 15 is 0 Å². The Hall–Kier alpha value is -2.80. The van der Waals surface area contributed by atoms with E-state index in [0.29, 0.717) is 29.3 Å². The third-order valence-electron chi connectivity index (χ3n) is 4.07. The lowest BCUT2D eigenvalue weighted by Crippen LogP contribution is -2.26. The second-order valence-electron chi connectivity index (χ2n) is 6.13. The lowest BCUT2D eigenvalue weighted by atomic mass is 10.2. The Morgan fingerprint density at radius 3 is 2.74 bits per heavy atom. The average molecular weight is 384 g/mol. The molecule has 0 aliphatic rings. The molecule has 0 radical (unpaired) electrons. The summed E-state index contributed by atoms with van der Waals surface area (Å²) in [7, 11) is 0. The van der Waals surface area contributed by atoms with Crippen LogP contribution in [-0.4, -0.2) is 33.8 Å². The van der Waals surface area contributed by atoms with Gasteiger partial charge in [0, 0.05) is 17.9 Å². The van der Waals surface area contributed by atoms with Crippen LogP contribution in [0.1, 0.15) is 28.7 Å². The van der Waals surface area contributed by atoms with Crippen LogP contribution in [0.15, 0.2) is 51.8 Å². The molecule has 2 aromatic carbocycles. The SMILES string of the molecule is Cc1cccc2oc(CCNC(=O)c3ccccc3SC(C)C(=O)O)nc12. The summed E-state index contributed by atoms with van der Waals surface area (Å²) in [6.45, 7) is 3.94. The molecule has 1 amide bonds. The van der Waals surface area contributed by atoms with Gasteiger partial charge < -0.3 is 14.8 Å². The predicted octanol–water partition coefficient (Wildman–Crippen LogP) is 3.67. The molecule has 1 unspecified atom stereocenters. The van der Waals surface area contributed by atoms with Gasteiger partial charge in [-0.05, 0) is 37.6 Å². The lowest BCUT2D eigenvalue weighted by Gasteiger charge is -2.11. The van der Waals surface area contributed by atoms with E-state index in [9.17, 15) is 9.59 Å². The van der Waals surface area contributed by atoms with Crippen LogP contribution < -0.4 is 5.32 Å². The Kier molecular flexibility index (Phi) is 5.81. The maximum atomic E-state index is 12.5. The number of para-hydroxylation sites is 1. The summed E-state index contributed by atoms with van der Waals surface area (Å²) in [5.41, 5.74) is 3.08. The molecule has 0 fully saturated rings. The van der Waals surface area contributed by atoms with Gasteiger partial charge in [0.1, 0.15) is 10.8 Å². The minimum Gasteiger partial charge on any atom is -0.480 e. The number of hydrogen-bond donors (Lipinski definition) is 2. The molecule has 1 heterocycles. The van der Waals surface area contributed by atoms with Gasteiger partial charge in [-0.3, -0.25) is 9.59 Å². The molecule has 3 aromatic rings. The zero-order chi connectivity index (χ0) is 19.4. The van der Waals surface area contributed by atoms with Gasteiger partial charge in [0.15, 0.2) is 11.5 Å². The van der Waals surface area contributed by atoms with Crippen LogP contribution in [0.5, 0.6) is 0 Å². The maximum Gasteiger partial charge on any atom is 0.316 e. The van der Waals surface area contributed by atoms with Crippen molar-refractivity contribution in [3.8, 4) is 0 Å². The lowest BCUT2D eigenvalue weighted by molar-refractivity contribution is -0.136. The molecule has 1 atom stereocenters. The summed E-state index contributed by atoms with van der Waals surface area (Å²) in [4.78, 5) is 28.7. The molecular weight excluding hydrogens is 364 g/mol. The fourth-order valence-corrected chi connectivity index (χ4v) is 3.54. The number of carboxylic acid groups (broad SMARTS) is 1. The second-order valence-corrected chi connectivity index (χ2v) is 7.51. The van der Waals surface area contributed by atoms with E-state index in [4.69, 9.17) is 9.52 Å². The summed E-state index contributed by atoms with van der Waals surface area (Å²) in [6.07, 6.45) is 0.473. The smallest absolute Gasteiger partial charge is 0.316 e. The van der Waals surface area contributed by atoms with E-state index < -0.39 is 11.2 Å². The molecule has 1 aromatic heterocycles. The van der Waals surface area contributed by atoms with Crippen molar-refractivity contribution in [2.24, 2.45) is 0 Å². The van der Waals surface area contributed by atoms with Crippen LogP contribution in [0, 0.1) is 6.92 Å². The van der Waals surface area contributed by atoms with Gasteiger partial charge >= 0.3 is 5.97 Å². The highest BCUT2D eigenvalue weighted by Gasteiger charge is 2.18. The Morgan fingerprint density at radius 2 is 2.00 bits per heavy atom. The highest BCUT2D eigenvalue weighted by atomic mass is 32.2. The number of oxazole rings is 1. The van der Waals surface area contributed by atoms with E-state index in [1.807, 2.05) is 25.1 Å². The van der Waals surface area contributed by atoms with E-state index in [-0.39, 0.29) is 5.91 Å². The minimum absolute atomic E-state index is 0.247. The van der Waals surface area contributed by atoms with Crippen molar-refractivity contribution < 1.29 is 19.1 Å². The Labute approximate surface area is 161 Å². The molecule has 7 heteroatoms. The van der Waals surface area contributed by atoms with E-state index in [2.05, 4.69) is 10.3 Å². The van der Waals surface area contributed by atoms with Crippen LogP contribution in [-0.2, 0) is 11.2 Å². The third-order valence-corrected chi connectivity index (χ3v) is 5.24. The molecule has 0 spiro atoms. The van der Waals surface area contributed by atoms with Crippen LogP contribution in [0.4, 0.5) is 0 Å². The number of carbonyl (C=O) groups excluding carboxylic acids is 1. The number of rotatable bonds is 7. The number of aliphatic carboxylic acids is 1. The Morgan fingerprint density at radius 1 is 1.22 bits per heavy atom. The van der Waals surface area contributed by atoms with Crippen molar-refractivity contribution in [3.05, 3.63) is 59.5 Å². The van der Waals surface area contributed by atoms with Crippen molar-refractivity contribution in [3.63, 3.8) is 0 Å². The van der Waals surface area contributed by atoms with Gasteiger partial charge in [-0.2, -0.15) is 0 Å². The minimum atomic E-state index is -0.915. The maximum absolute atomic E-state index is 12.5. The van der Waals surface area contributed by atoms with Gasteiger partial charge in [0.05, 0.1) is 5.56 Å². The molecule has 0 bridgehead atoms. The summed E-state index contributed by atoms with van der Waals surface area (Å²) >= 11 is 1.15. The summed E-state index contributed by atoms with van der Waals surface area (Å²) in [6, 6.07) is 12.7. The number of fused-ring (bicyclic) bond motifs is 1. The van der Waals surface area contributed by atoms with Gasteiger partial charge in [-0.1, -0.05) is 24.3 Å². The molecule has 0 saturated carbocycles. The quantitative estimate of drug-likeness (QED) is 0.604. The average Bonchev–Trinajstić information content (AvgIpc) is 3.06. The van der Waals surface area contributed by atoms with Crippen LogP contribution >= 0.6 is 11.8 Å². The number of nitrogens with one attached hydrogen (secondary N) is 1. The number of aromatic nitrogens is 1. The fraction of sp³-hybridized carbons (Fsp3) is 0.250. The summed E-state index contributed by atoms with van der Waals surface area (Å²) in [5, 5.41) is 11.3. The summed E-state index contributed by atoms with van der Waals surface area (Å²) in [5.74, 6) is -0.591. The number of nitrogens with zero attached hydrogens (tertiary/aromatic N) is 1. The van der Waals surface area contributed by atoms with Crippen molar-refractivity contribution in [1.29, 1.82) is 0 Å². The van der Waals surface area contributed by atoms with E-state index in [0.717, 1.165) is 28.4 Å². The predicted molar refractivity (Wildman–Crippen MR) is 104 cm³/mol. The highest BCUT2D eigenvalue weighted by Crippen LogP contribution is 2.27. The Balaban J connectivity index is 1.64. The molecule has 2 N–H and O–H groups in total. The van der Waals surface area contributed by atoms with Crippen molar-refractivity contribution in [1.82, 2.24) is 10.3 Å². The van der Waals surface area contributed by atoms with Crippen LogP contribution in [0.3, 0.4) is 0 Å². The number of benzene rings is 2. The standard InChI is InChI=1S/C20H20N2O4S/c1-12-6-5-8-15-18(12)22-17(26-15)10-11-21-19(23)14-7-3-4-9-16(14)27-13(2)20(24)25/h3-9,13H,10-11H2,1-2H3,(H,21,23)(H,24,25). The van der Waals surface area contributed by atoms with Gasteiger partial charge in [0.2, 0.25) is 0 Å². The first-order valence-electron chi connectivity index (χ1n) is 8.57. The molecule has 3 rings (SSSR count). The molecule has 140 valence electrons. The van der Waals surface area contributed by atoms with Crippen LogP contribution in [0.2, 0.25) is 0 Å². The first-order valence-corrected chi connectivity index (χ1v) is 9.45. The van der Waals surface area contributed by atoms with Crippen molar-refractivity contribution in [2.45, 2.75) is 30.4 Å². The molecule has 0 aliphatic heterocycles. The summed E-state index contributed by atoms with van der Waals surface area (Å²) < 4.78 is 5.71. The highest BCUT2D eigenvalue weighted by molar-refractivity contribution is 8.00. The topological polar surface area (TPSA) is 92.4 Å². The molecule has 6 nitrogen and oxygen atoms in total. The molecule has 0 saturated heterocycles. The molecular formula is C20H20N2O4S. The second kappa shape index (κ2) is 8.26. The van der Waals surface area contributed by atoms with Crippen LogP contribution in [0.25, 0.3) is 11.1 Å². The normalized spacial score (nSPS) is 12.1. The molecule has 0 aliphatic carbocycles. The largest absolute Gasteiger partial charge is 0.480 e. The Bertz CT molecular complexity index is 983. The van der Waals surface area contributed by atoms with E-state index in [1.165, 1.54) is 0 Å². The van der Waals surface area contributed by atoms with Crippen molar-refractivity contribution >= 4 is 34.7 Å². The monoisotopic (exact) mass is 384 g/mol. The zero-order valence-electron chi connectivity index (χ0n) is 15.1. The van der Waals surface area contributed by atoms with E-state index in [1.54, 1.807) is 31.2 Å². The van der Waals surface area contributed by atoms with Gasteiger partial charge in [0.25, 0.3) is 5.91 Å². The van der Waals surface area contributed by atoms with Crippen molar-refractivity contribution in [2.75, 3.05) is 6.54 Å². The number of carboxylic acids is 1. The number of aryl methyl sites for hydroxylation is 1. The first kappa shape index (κ1) is 19.0.